The van der Waals surface area contributed by atoms with Crippen molar-refractivity contribution in [3.8, 4) is 44.5 Å². The van der Waals surface area contributed by atoms with Crippen molar-refractivity contribution in [2.75, 3.05) is 4.90 Å². The molecule has 0 radical (unpaired) electrons. The molecule has 8 aromatic rings. The van der Waals surface area contributed by atoms with Gasteiger partial charge in [0.2, 0.25) is 0 Å². The molecule has 3 aliphatic rings. The summed E-state index contributed by atoms with van der Waals surface area (Å²) in [6, 6.07) is 68.6. The van der Waals surface area contributed by atoms with E-state index in [0.717, 1.165) is 17.1 Å². The van der Waals surface area contributed by atoms with E-state index in [4.69, 9.17) is 0 Å². The van der Waals surface area contributed by atoms with Crippen LogP contribution in [-0.4, -0.2) is 0 Å². The molecule has 1 nitrogen and oxygen atoms in total. The molecule has 0 bridgehead atoms. The van der Waals surface area contributed by atoms with Crippen molar-refractivity contribution in [2.24, 2.45) is 0 Å². The molecule has 0 unspecified atom stereocenters. The predicted octanol–water partition coefficient (Wildman–Crippen LogP) is 14.8. The first-order chi connectivity index (χ1) is 27.7. The molecular weight excluding hydrogens is 687 g/mol. The van der Waals surface area contributed by atoms with Crippen LogP contribution in [0.2, 0.25) is 0 Å². The van der Waals surface area contributed by atoms with Crippen molar-refractivity contribution in [1.29, 1.82) is 0 Å². The van der Waals surface area contributed by atoms with Crippen LogP contribution in [-0.2, 0) is 16.2 Å². The summed E-state index contributed by atoms with van der Waals surface area (Å²) >= 11 is 0. The lowest BCUT2D eigenvalue weighted by molar-refractivity contribution is 0.588. The molecule has 0 saturated heterocycles. The largest absolute Gasteiger partial charge is 0.310 e. The molecule has 274 valence electrons. The zero-order chi connectivity index (χ0) is 38.7. The van der Waals surface area contributed by atoms with Gasteiger partial charge >= 0.3 is 0 Å². The third kappa shape index (κ3) is 4.69. The van der Waals surface area contributed by atoms with Crippen molar-refractivity contribution in [2.45, 2.75) is 50.9 Å². The molecule has 1 spiro atoms. The molecule has 0 saturated carbocycles. The summed E-state index contributed by atoms with van der Waals surface area (Å²) in [5.74, 6) is 0. The van der Waals surface area contributed by atoms with Gasteiger partial charge < -0.3 is 4.90 Å². The molecule has 0 amide bonds. The van der Waals surface area contributed by atoms with Gasteiger partial charge in [0.25, 0.3) is 0 Å². The second kappa shape index (κ2) is 12.0. The first-order valence-electron chi connectivity index (χ1n) is 20.4. The van der Waals surface area contributed by atoms with Gasteiger partial charge in [-0.25, -0.2) is 0 Å². The fourth-order valence-corrected chi connectivity index (χ4v) is 10.5. The van der Waals surface area contributed by atoms with Crippen molar-refractivity contribution in [3.05, 3.63) is 221 Å². The van der Waals surface area contributed by atoms with Crippen molar-refractivity contribution < 1.29 is 0 Å². The van der Waals surface area contributed by atoms with Gasteiger partial charge in [-0.15, -0.1) is 0 Å². The Balaban J connectivity index is 1.19. The number of fused-ring (bicyclic) bond motifs is 13. The Kier molecular flexibility index (Phi) is 7.15. The average molecular weight is 732 g/mol. The summed E-state index contributed by atoms with van der Waals surface area (Å²) in [6.07, 6.45) is 0. The highest BCUT2D eigenvalue weighted by Gasteiger charge is 2.52. The zero-order valence-corrected chi connectivity index (χ0v) is 33.3. The Labute approximate surface area is 336 Å². The highest BCUT2D eigenvalue weighted by atomic mass is 15.1. The lowest BCUT2D eigenvalue weighted by atomic mass is 9.69. The zero-order valence-electron chi connectivity index (χ0n) is 33.3. The van der Waals surface area contributed by atoms with Crippen LogP contribution in [0, 0.1) is 0 Å². The summed E-state index contributed by atoms with van der Waals surface area (Å²) in [5.41, 5.74) is 22.9. The average Bonchev–Trinajstić information content (AvgIpc) is 3.79. The fraction of sp³-hybridized carbons (Fsp3) is 0.143. The molecule has 0 atom stereocenters. The third-order valence-electron chi connectivity index (χ3n) is 13.3. The van der Waals surface area contributed by atoms with Gasteiger partial charge in [0.15, 0.2) is 0 Å². The van der Waals surface area contributed by atoms with Crippen LogP contribution in [0.15, 0.2) is 182 Å². The summed E-state index contributed by atoms with van der Waals surface area (Å²) in [7, 11) is 0. The maximum Gasteiger partial charge on any atom is 0.0725 e. The van der Waals surface area contributed by atoms with E-state index in [2.05, 4.69) is 222 Å². The van der Waals surface area contributed by atoms with Gasteiger partial charge in [0.1, 0.15) is 0 Å². The van der Waals surface area contributed by atoms with E-state index in [1.54, 1.807) is 0 Å². The molecule has 8 aromatic carbocycles. The Hall–Kier alpha value is -6.44. The van der Waals surface area contributed by atoms with Gasteiger partial charge in [-0.2, -0.15) is 0 Å². The Morgan fingerprint density at radius 2 is 0.860 bits per heavy atom. The first kappa shape index (κ1) is 33.9. The summed E-state index contributed by atoms with van der Waals surface area (Å²) in [4.78, 5) is 2.51. The monoisotopic (exact) mass is 731 g/mol. The minimum atomic E-state index is -0.409. The van der Waals surface area contributed by atoms with Crippen LogP contribution in [0.5, 0.6) is 0 Å². The summed E-state index contributed by atoms with van der Waals surface area (Å²) in [6.45, 7) is 11.7. The van der Waals surface area contributed by atoms with Gasteiger partial charge in [0, 0.05) is 22.4 Å². The predicted molar refractivity (Wildman–Crippen MR) is 239 cm³/mol. The second-order valence-electron chi connectivity index (χ2n) is 17.7. The molecular formula is C56H45N. The first-order valence-corrected chi connectivity index (χ1v) is 20.4. The van der Waals surface area contributed by atoms with E-state index in [1.807, 2.05) is 0 Å². The fourth-order valence-electron chi connectivity index (χ4n) is 10.5. The second-order valence-corrected chi connectivity index (χ2v) is 17.7. The van der Waals surface area contributed by atoms with Crippen LogP contribution < -0.4 is 4.90 Å². The van der Waals surface area contributed by atoms with Crippen molar-refractivity contribution >= 4 is 17.1 Å². The molecule has 0 N–H and O–H groups in total. The molecule has 11 rings (SSSR count). The summed E-state index contributed by atoms with van der Waals surface area (Å²) in [5, 5.41) is 0. The van der Waals surface area contributed by atoms with Crippen molar-refractivity contribution in [3.63, 3.8) is 0 Å². The number of rotatable bonds is 4. The van der Waals surface area contributed by atoms with Crippen LogP contribution in [0.4, 0.5) is 17.1 Å². The lowest BCUT2D eigenvalue weighted by Crippen LogP contribution is -2.26. The van der Waals surface area contributed by atoms with E-state index >= 15 is 0 Å². The van der Waals surface area contributed by atoms with E-state index in [-0.39, 0.29) is 10.8 Å². The Bertz CT molecular complexity index is 2880. The topological polar surface area (TPSA) is 3.24 Å². The van der Waals surface area contributed by atoms with Crippen LogP contribution >= 0.6 is 0 Å². The molecule has 0 heterocycles. The maximum absolute atomic E-state index is 2.52. The minimum absolute atomic E-state index is 0.00669. The molecule has 0 aliphatic heterocycles. The van der Waals surface area contributed by atoms with E-state index in [9.17, 15) is 0 Å². The highest BCUT2D eigenvalue weighted by Crippen LogP contribution is 2.64. The molecule has 1 heteroatoms. The minimum Gasteiger partial charge on any atom is -0.310 e. The SMILES string of the molecule is CC(C)(C)c1ccc2c(c1)C1(c3ccccc3-c3ccccc31)c1ccc(N(c3ccc4c(c3)C(C)(C)c3ccccc3-4)c3ccccc3-c3ccccc3)cc1-2. The van der Waals surface area contributed by atoms with E-state index in [1.165, 1.54) is 83.5 Å². The maximum atomic E-state index is 2.52. The number of nitrogens with zero attached hydrogens (tertiary/aromatic N) is 1. The van der Waals surface area contributed by atoms with Crippen LogP contribution in [0.1, 0.15) is 73.6 Å². The van der Waals surface area contributed by atoms with Gasteiger partial charge in [0.05, 0.1) is 11.1 Å². The Morgan fingerprint density at radius 1 is 0.368 bits per heavy atom. The standard InChI is InChI=1S/C56H45N/c1-54(2,3)37-27-30-45-46-34-38(29-32-50(46)56(52(45)33-37)48-24-14-10-21-42(48)43-22-11-15-25-49(43)56)57(53-26-16-12-19-40(53)36-17-7-6-8-18-36)39-28-31-44-41-20-9-13-23-47(41)55(4,5)51(44)35-39/h6-35H,1-5H3. The van der Waals surface area contributed by atoms with Crippen molar-refractivity contribution in [1.82, 2.24) is 0 Å². The van der Waals surface area contributed by atoms with E-state index < -0.39 is 5.41 Å². The summed E-state index contributed by atoms with van der Waals surface area (Å²) < 4.78 is 0. The molecule has 0 fully saturated rings. The number of hydrogen-bond acceptors (Lipinski definition) is 1. The molecule has 0 aromatic heterocycles. The molecule has 3 aliphatic carbocycles. The number of anilines is 3. The number of benzene rings is 8. The Morgan fingerprint density at radius 3 is 1.54 bits per heavy atom. The number of para-hydroxylation sites is 1. The van der Waals surface area contributed by atoms with Gasteiger partial charge in [-0.1, -0.05) is 186 Å². The molecule has 57 heavy (non-hydrogen) atoms. The normalized spacial score (nSPS) is 14.7. The van der Waals surface area contributed by atoms with Crippen LogP contribution in [0.3, 0.4) is 0 Å². The lowest BCUT2D eigenvalue weighted by Gasteiger charge is -2.32. The highest BCUT2D eigenvalue weighted by molar-refractivity contribution is 5.98. The quantitative estimate of drug-likeness (QED) is 0.174. The third-order valence-corrected chi connectivity index (χ3v) is 13.3. The van der Waals surface area contributed by atoms with Gasteiger partial charge in [-0.3, -0.25) is 0 Å². The van der Waals surface area contributed by atoms with Gasteiger partial charge in [-0.05, 0) is 114 Å². The van der Waals surface area contributed by atoms with Crippen LogP contribution in [0.25, 0.3) is 44.5 Å². The number of hydrogen-bond donors (Lipinski definition) is 0. The van der Waals surface area contributed by atoms with E-state index in [0.29, 0.717) is 0 Å². The smallest absolute Gasteiger partial charge is 0.0725 e.